The van der Waals surface area contributed by atoms with Crippen molar-refractivity contribution in [3.05, 3.63) is 64.5 Å². The first kappa shape index (κ1) is 17.4. The van der Waals surface area contributed by atoms with Crippen LogP contribution < -0.4 is 10.2 Å². The van der Waals surface area contributed by atoms with Gasteiger partial charge in [0.25, 0.3) is 5.91 Å². The van der Waals surface area contributed by atoms with Gasteiger partial charge in [-0.1, -0.05) is 36.4 Å². The topological polar surface area (TPSA) is 62.3 Å². The predicted octanol–water partition coefficient (Wildman–Crippen LogP) is 4.50. The third kappa shape index (κ3) is 3.61. The molecule has 1 aliphatic heterocycles. The molecule has 4 rings (SSSR count). The van der Waals surface area contributed by atoms with Gasteiger partial charge in [-0.15, -0.1) is 11.3 Å². The number of hydrogen-bond acceptors (Lipinski definition) is 4. The van der Waals surface area contributed by atoms with Crippen molar-refractivity contribution < 1.29 is 9.59 Å². The number of aromatic nitrogens is 1. The molecule has 27 heavy (non-hydrogen) atoms. The minimum Gasteiger partial charge on any atom is -0.321 e. The second kappa shape index (κ2) is 7.32. The average Bonchev–Trinajstić information content (AvgIpc) is 3.28. The van der Waals surface area contributed by atoms with Crippen LogP contribution in [0.25, 0.3) is 11.3 Å². The Morgan fingerprint density at radius 1 is 1.15 bits per heavy atom. The van der Waals surface area contributed by atoms with Crippen LogP contribution in [0.15, 0.2) is 54.6 Å². The Morgan fingerprint density at radius 2 is 1.96 bits per heavy atom. The van der Waals surface area contributed by atoms with Crippen LogP contribution in [0.2, 0.25) is 0 Å². The van der Waals surface area contributed by atoms with E-state index in [2.05, 4.69) is 10.3 Å². The van der Waals surface area contributed by atoms with Crippen molar-refractivity contribution in [3.8, 4) is 11.3 Å². The van der Waals surface area contributed by atoms with Gasteiger partial charge < -0.3 is 10.2 Å². The molecule has 5 nitrogen and oxygen atoms in total. The molecule has 1 aliphatic rings. The number of carbonyl (C=O) groups is 2. The summed E-state index contributed by atoms with van der Waals surface area (Å²) in [7, 11) is 0. The number of rotatable bonds is 4. The fourth-order valence-electron chi connectivity index (χ4n) is 3.23. The van der Waals surface area contributed by atoms with E-state index in [9.17, 15) is 9.59 Å². The maximum absolute atomic E-state index is 12.9. The number of anilines is 2. The lowest BCUT2D eigenvalue weighted by Gasteiger charge is -2.16. The number of aryl methyl sites for hydroxylation is 1. The summed E-state index contributed by atoms with van der Waals surface area (Å²) in [5.74, 6) is -0.0627. The zero-order valence-corrected chi connectivity index (χ0v) is 15.8. The van der Waals surface area contributed by atoms with Gasteiger partial charge in [-0.25, -0.2) is 4.98 Å². The van der Waals surface area contributed by atoms with Gasteiger partial charge in [-0.05, 0) is 31.5 Å². The van der Waals surface area contributed by atoms with Gasteiger partial charge in [0.05, 0.1) is 10.7 Å². The van der Waals surface area contributed by atoms with Gasteiger partial charge in [-0.2, -0.15) is 0 Å². The Hall–Kier alpha value is -2.99. The lowest BCUT2D eigenvalue weighted by atomic mass is 10.1. The van der Waals surface area contributed by atoms with Crippen LogP contribution in [0.5, 0.6) is 0 Å². The highest BCUT2D eigenvalue weighted by atomic mass is 32.1. The normalized spacial score (nSPS) is 13.8. The van der Waals surface area contributed by atoms with Crippen LogP contribution >= 0.6 is 11.3 Å². The van der Waals surface area contributed by atoms with Crippen LogP contribution in [-0.4, -0.2) is 23.3 Å². The first-order valence-corrected chi connectivity index (χ1v) is 9.68. The van der Waals surface area contributed by atoms with Crippen LogP contribution in [-0.2, 0) is 4.79 Å². The van der Waals surface area contributed by atoms with Crippen molar-refractivity contribution in [2.75, 3.05) is 16.8 Å². The Morgan fingerprint density at radius 3 is 2.70 bits per heavy atom. The molecule has 2 amide bonds. The van der Waals surface area contributed by atoms with E-state index in [1.807, 2.05) is 61.5 Å². The maximum atomic E-state index is 12.9. The Labute approximate surface area is 161 Å². The molecule has 0 aliphatic carbocycles. The van der Waals surface area contributed by atoms with Crippen LogP contribution in [0.1, 0.15) is 27.5 Å². The first-order chi connectivity index (χ1) is 13.1. The van der Waals surface area contributed by atoms with Crippen LogP contribution in [0.4, 0.5) is 11.4 Å². The number of nitrogens with zero attached hydrogens (tertiary/aromatic N) is 2. The SMILES string of the molecule is Cc1nc(-c2ccccc2)c(C(=O)Nc2cccc(N3CCCC3=O)c2)s1. The van der Waals surface area contributed by atoms with Crippen molar-refractivity contribution in [2.45, 2.75) is 19.8 Å². The van der Waals surface area contributed by atoms with Crippen LogP contribution in [0.3, 0.4) is 0 Å². The van der Waals surface area contributed by atoms with Crippen LogP contribution in [0, 0.1) is 6.92 Å². The number of hydrogen-bond donors (Lipinski definition) is 1. The minimum atomic E-state index is -0.190. The van der Waals surface area contributed by atoms with Crippen molar-refractivity contribution in [2.24, 2.45) is 0 Å². The van der Waals surface area contributed by atoms with E-state index in [4.69, 9.17) is 0 Å². The van der Waals surface area contributed by atoms with E-state index in [-0.39, 0.29) is 11.8 Å². The van der Waals surface area contributed by atoms with E-state index in [1.54, 1.807) is 4.90 Å². The molecule has 1 N–H and O–H groups in total. The summed E-state index contributed by atoms with van der Waals surface area (Å²) in [4.78, 5) is 31.8. The molecule has 136 valence electrons. The molecule has 1 aromatic heterocycles. The summed E-state index contributed by atoms with van der Waals surface area (Å²) >= 11 is 1.38. The molecule has 1 saturated heterocycles. The van der Waals surface area contributed by atoms with Crippen molar-refractivity contribution in [1.29, 1.82) is 0 Å². The predicted molar refractivity (Wildman–Crippen MR) is 108 cm³/mol. The largest absolute Gasteiger partial charge is 0.321 e. The summed E-state index contributed by atoms with van der Waals surface area (Å²) < 4.78 is 0. The van der Waals surface area contributed by atoms with Gasteiger partial charge >= 0.3 is 0 Å². The summed E-state index contributed by atoms with van der Waals surface area (Å²) in [6, 6.07) is 17.1. The van der Waals surface area contributed by atoms with Gasteiger partial charge in [0, 0.05) is 29.9 Å². The first-order valence-electron chi connectivity index (χ1n) is 8.86. The van der Waals surface area contributed by atoms with Gasteiger partial charge in [0.2, 0.25) is 5.91 Å². The molecule has 0 bridgehead atoms. The number of benzene rings is 2. The number of amides is 2. The van der Waals surface area contributed by atoms with E-state index < -0.39 is 0 Å². The molecule has 2 heterocycles. The fourth-order valence-corrected chi connectivity index (χ4v) is 4.07. The zero-order chi connectivity index (χ0) is 18.8. The zero-order valence-electron chi connectivity index (χ0n) is 14.9. The highest BCUT2D eigenvalue weighted by Gasteiger charge is 2.22. The third-order valence-electron chi connectivity index (χ3n) is 4.48. The molecular formula is C21H19N3O2S. The standard InChI is InChI=1S/C21H19N3O2S/c1-14-22-19(15-7-3-2-4-8-15)20(27-14)21(26)23-16-9-5-10-17(13-16)24-12-6-11-18(24)25/h2-5,7-10,13H,6,11-12H2,1H3,(H,23,26). The molecule has 2 aromatic carbocycles. The molecule has 3 aromatic rings. The third-order valence-corrected chi connectivity index (χ3v) is 5.45. The summed E-state index contributed by atoms with van der Waals surface area (Å²) in [6.45, 7) is 2.62. The molecule has 0 unspecified atom stereocenters. The van der Waals surface area contributed by atoms with E-state index in [0.29, 0.717) is 22.7 Å². The quantitative estimate of drug-likeness (QED) is 0.728. The lowest BCUT2D eigenvalue weighted by molar-refractivity contribution is -0.117. The molecule has 0 saturated carbocycles. The Bertz CT molecular complexity index is 998. The summed E-state index contributed by atoms with van der Waals surface area (Å²) in [6.07, 6.45) is 1.45. The second-order valence-corrected chi connectivity index (χ2v) is 7.63. The number of carbonyl (C=O) groups excluding carboxylic acids is 2. The monoisotopic (exact) mass is 377 g/mol. The molecule has 0 spiro atoms. The Balaban J connectivity index is 1.60. The van der Waals surface area contributed by atoms with Gasteiger partial charge in [-0.3, -0.25) is 9.59 Å². The van der Waals surface area contributed by atoms with E-state index in [0.717, 1.165) is 29.2 Å². The average molecular weight is 377 g/mol. The lowest BCUT2D eigenvalue weighted by Crippen LogP contribution is -2.23. The highest BCUT2D eigenvalue weighted by Crippen LogP contribution is 2.29. The maximum Gasteiger partial charge on any atom is 0.268 e. The Kier molecular flexibility index (Phi) is 4.73. The highest BCUT2D eigenvalue weighted by molar-refractivity contribution is 7.14. The summed E-state index contributed by atoms with van der Waals surface area (Å²) in [5.41, 5.74) is 3.10. The number of thiazole rings is 1. The van der Waals surface area contributed by atoms with Crippen molar-refractivity contribution >= 4 is 34.5 Å². The smallest absolute Gasteiger partial charge is 0.268 e. The minimum absolute atomic E-state index is 0.128. The second-order valence-electron chi connectivity index (χ2n) is 6.43. The molecule has 0 radical (unpaired) electrons. The summed E-state index contributed by atoms with van der Waals surface area (Å²) in [5, 5.41) is 3.80. The molecule has 0 atom stereocenters. The van der Waals surface area contributed by atoms with E-state index in [1.165, 1.54) is 11.3 Å². The van der Waals surface area contributed by atoms with Gasteiger partial charge in [0.15, 0.2) is 0 Å². The molecule has 6 heteroatoms. The molecular weight excluding hydrogens is 358 g/mol. The van der Waals surface area contributed by atoms with Crippen molar-refractivity contribution in [1.82, 2.24) is 4.98 Å². The number of nitrogens with one attached hydrogen (secondary N) is 1. The van der Waals surface area contributed by atoms with E-state index >= 15 is 0 Å². The fraction of sp³-hybridized carbons (Fsp3) is 0.190. The van der Waals surface area contributed by atoms with Crippen molar-refractivity contribution in [3.63, 3.8) is 0 Å². The van der Waals surface area contributed by atoms with Gasteiger partial charge in [0.1, 0.15) is 4.88 Å². The molecule has 1 fully saturated rings.